The Morgan fingerprint density at radius 2 is 2.11 bits per heavy atom. The Labute approximate surface area is 110 Å². The lowest BCUT2D eigenvalue weighted by atomic mass is 10.1. The second-order valence-corrected chi connectivity index (χ2v) is 4.97. The second-order valence-electron chi connectivity index (χ2n) is 4.97. The molecule has 0 spiro atoms. The molecule has 1 fully saturated rings. The molecule has 1 saturated heterocycles. The largest absolute Gasteiger partial charge is 0.379 e. The number of aryl methyl sites for hydroxylation is 1. The first-order valence-electron chi connectivity index (χ1n) is 6.91. The first-order chi connectivity index (χ1) is 8.84. The number of ether oxygens (including phenoxy) is 1. The molecule has 1 aromatic carbocycles. The summed E-state index contributed by atoms with van der Waals surface area (Å²) in [4.78, 5) is 2.48. The quantitative estimate of drug-likeness (QED) is 0.777. The lowest BCUT2D eigenvalue weighted by molar-refractivity contribution is 0.0374. The summed E-state index contributed by atoms with van der Waals surface area (Å²) < 4.78 is 5.34. The van der Waals surface area contributed by atoms with Crippen molar-refractivity contribution in [2.45, 2.75) is 19.9 Å². The lowest BCUT2D eigenvalue weighted by Crippen LogP contribution is -2.37. The molecule has 100 valence electrons. The van der Waals surface area contributed by atoms with E-state index in [9.17, 15) is 0 Å². The molecule has 1 aromatic rings. The van der Waals surface area contributed by atoms with Gasteiger partial charge in [0.05, 0.1) is 13.2 Å². The molecule has 18 heavy (non-hydrogen) atoms. The molecule has 0 aromatic heterocycles. The van der Waals surface area contributed by atoms with E-state index < -0.39 is 0 Å². The number of nitrogens with zero attached hydrogens (tertiary/aromatic N) is 1. The van der Waals surface area contributed by atoms with Crippen LogP contribution in [0.1, 0.15) is 17.5 Å². The monoisotopic (exact) mass is 248 g/mol. The molecule has 1 heterocycles. The number of hydrogen-bond donors (Lipinski definition) is 1. The minimum absolute atomic E-state index is 0.900. The third kappa shape index (κ3) is 4.77. The summed E-state index contributed by atoms with van der Waals surface area (Å²) >= 11 is 0. The van der Waals surface area contributed by atoms with Crippen molar-refractivity contribution >= 4 is 0 Å². The van der Waals surface area contributed by atoms with Crippen LogP contribution in [0.5, 0.6) is 0 Å². The number of hydrogen-bond acceptors (Lipinski definition) is 3. The molecule has 1 aliphatic rings. The molecule has 2 rings (SSSR count). The van der Waals surface area contributed by atoms with Crippen molar-refractivity contribution < 1.29 is 4.74 Å². The van der Waals surface area contributed by atoms with Gasteiger partial charge in [0, 0.05) is 19.6 Å². The molecule has 0 bridgehead atoms. The van der Waals surface area contributed by atoms with Crippen LogP contribution in [-0.2, 0) is 11.3 Å². The van der Waals surface area contributed by atoms with Crippen molar-refractivity contribution in [1.82, 2.24) is 10.2 Å². The Morgan fingerprint density at radius 1 is 1.28 bits per heavy atom. The first kappa shape index (κ1) is 13.5. The van der Waals surface area contributed by atoms with Crippen LogP contribution < -0.4 is 5.32 Å². The summed E-state index contributed by atoms with van der Waals surface area (Å²) in [7, 11) is 0. The number of nitrogens with one attached hydrogen (secondary N) is 1. The normalized spacial score (nSPS) is 16.9. The highest BCUT2D eigenvalue weighted by Crippen LogP contribution is 2.03. The van der Waals surface area contributed by atoms with Gasteiger partial charge in [-0.15, -0.1) is 0 Å². The van der Waals surface area contributed by atoms with Gasteiger partial charge < -0.3 is 10.1 Å². The van der Waals surface area contributed by atoms with Gasteiger partial charge in [0.2, 0.25) is 0 Å². The first-order valence-corrected chi connectivity index (χ1v) is 6.91. The predicted octanol–water partition coefficient (Wildman–Crippen LogP) is 1.81. The van der Waals surface area contributed by atoms with Crippen LogP contribution in [0.15, 0.2) is 24.3 Å². The highest BCUT2D eigenvalue weighted by Gasteiger charge is 2.08. The molecule has 3 heteroatoms. The van der Waals surface area contributed by atoms with E-state index >= 15 is 0 Å². The van der Waals surface area contributed by atoms with Gasteiger partial charge in [-0.25, -0.2) is 0 Å². The summed E-state index contributed by atoms with van der Waals surface area (Å²) in [6.07, 6.45) is 1.21. The zero-order valence-corrected chi connectivity index (χ0v) is 11.3. The topological polar surface area (TPSA) is 24.5 Å². The highest BCUT2D eigenvalue weighted by molar-refractivity contribution is 5.21. The van der Waals surface area contributed by atoms with Gasteiger partial charge in [0.1, 0.15) is 0 Å². The van der Waals surface area contributed by atoms with E-state index in [2.05, 4.69) is 41.4 Å². The Morgan fingerprint density at radius 3 is 2.89 bits per heavy atom. The molecular formula is C15H24N2O. The van der Waals surface area contributed by atoms with Crippen LogP contribution >= 0.6 is 0 Å². The van der Waals surface area contributed by atoms with E-state index in [0.717, 1.165) is 39.4 Å². The summed E-state index contributed by atoms with van der Waals surface area (Å²) in [5.41, 5.74) is 2.71. The molecule has 0 aliphatic carbocycles. The van der Waals surface area contributed by atoms with Gasteiger partial charge in [-0.1, -0.05) is 29.8 Å². The summed E-state index contributed by atoms with van der Waals surface area (Å²) in [5, 5.41) is 3.51. The lowest BCUT2D eigenvalue weighted by Gasteiger charge is -2.26. The molecule has 1 aliphatic heterocycles. The Kier molecular flexibility index (Phi) is 5.65. The zero-order valence-electron chi connectivity index (χ0n) is 11.3. The number of morpholine rings is 1. The Balaban J connectivity index is 1.55. The van der Waals surface area contributed by atoms with Crippen LogP contribution in [0.3, 0.4) is 0 Å². The minimum Gasteiger partial charge on any atom is -0.379 e. The average molecular weight is 248 g/mol. The van der Waals surface area contributed by atoms with Crippen LogP contribution in [0, 0.1) is 6.92 Å². The molecule has 0 saturated carbocycles. The standard InChI is InChI=1S/C15H24N2O/c1-14-4-2-5-15(12-14)13-16-6-3-7-17-8-10-18-11-9-17/h2,4-5,12,16H,3,6-11,13H2,1H3. The minimum atomic E-state index is 0.900. The third-order valence-corrected chi connectivity index (χ3v) is 3.34. The maximum absolute atomic E-state index is 5.34. The number of rotatable bonds is 6. The Bertz CT molecular complexity index is 348. The van der Waals surface area contributed by atoms with Crippen LogP contribution in [0.25, 0.3) is 0 Å². The maximum Gasteiger partial charge on any atom is 0.0594 e. The highest BCUT2D eigenvalue weighted by atomic mass is 16.5. The second kappa shape index (κ2) is 7.52. The van der Waals surface area contributed by atoms with Crippen molar-refractivity contribution in [3.8, 4) is 0 Å². The van der Waals surface area contributed by atoms with Gasteiger partial charge in [-0.05, 0) is 32.0 Å². The smallest absolute Gasteiger partial charge is 0.0594 e. The van der Waals surface area contributed by atoms with E-state index in [1.165, 1.54) is 24.1 Å². The molecule has 1 N–H and O–H groups in total. The van der Waals surface area contributed by atoms with Crippen molar-refractivity contribution in [3.63, 3.8) is 0 Å². The summed E-state index contributed by atoms with van der Waals surface area (Å²) in [6.45, 7) is 9.38. The molecule has 0 unspecified atom stereocenters. The summed E-state index contributed by atoms with van der Waals surface area (Å²) in [6, 6.07) is 8.69. The fourth-order valence-corrected chi connectivity index (χ4v) is 2.31. The van der Waals surface area contributed by atoms with Crippen LogP contribution in [0.4, 0.5) is 0 Å². The fraction of sp³-hybridized carbons (Fsp3) is 0.600. The molecular weight excluding hydrogens is 224 g/mol. The van der Waals surface area contributed by atoms with Crippen molar-refractivity contribution in [1.29, 1.82) is 0 Å². The van der Waals surface area contributed by atoms with Crippen LogP contribution in [-0.4, -0.2) is 44.3 Å². The van der Waals surface area contributed by atoms with Crippen molar-refractivity contribution in [2.24, 2.45) is 0 Å². The Hall–Kier alpha value is -0.900. The van der Waals surface area contributed by atoms with Gasteiger partial charge in [-0.2, -0.15) is 0 Å². The average Bonchev–Trinajstić information content (AvgIpc) is 2.40. The van der Waals surface area contributed by atoms with Crippen LogP contribution in [0.2, 0.25) is 0 Å². The molecule has 0 radical (unpaired) electrons. The van der Waals surface area contributed by atoms with Gasteiger partial charge in [-0.3, -0.25) is 4.90 Å². The van der Waals surface area contributed by atoms with E-state index in [4.69, 9.17) is 4.74 Å². The molecule has 0 amide bonds. The molecule has 0 atom stereocenters. The van der Waals surface area contributed by atoms with Gasteiger partial charge >= 0.3 is 0 Å². The van der Waals surface area contributed by atoms with E-state index in [1.54, 1.807) is 0 Å². The molecule has 3 nitrogen and oxygen atoms in total. The number of benzene rings is 1. The van der Waals surface area contributed by atoms with E-state index in [1.807, 2.05) is 0 Å². The zero-order chi connectivity index (χ0) is 12.6. The van der Waals surface area contributed by atoms with E-state index in [-0.39, 0.29) is 0 Å². The van der Waals surface area contributed by atoms with E-state index in [0.29, 0.717) is 0 Å². The van der Waals surface area contributed by atoms with Gasteiger partial charge in [0.15, 0.2) is 0 Å². The van der Waals surface area contributed by atoms with Crippen molar-refractivity contribution in [2.75, 3.05) is 39.4 Å². The summed E-state index contributed by atoms with van der Waals surface area (Å²) in [5.74, 6) is 0. The van der Waals surface area contributed by atoms with Crippen molar-refractivity contribution in [3.05, 3.63) is 35.4 Å². The maximum atomic E-state index is 5.34. The predicted molar refractivity (Wildman–Crippen MR) is 74.8 cm³/mol. The third-order valence-electron chi connectivity index (χ3n) is 3.34. The van der Waals surface area contributed by atoms with Gasteiger partial charge in [0.25, 0.3) is 0 Å². The fourth-order valence-electron chi connectivity index (χ4n) is 2.31. The SMILES string of the molecule is Cc1cccc(CNCCCN2CCOCC2)c1.